The Balaban J connectivity index is 1.73. The maximum atomic E-state index is 11.1. The molecule has 1 heteroatoms. The van der Waals surface area contributed by atoms with Gasteiger partial charge in [0.2, 0.25) is 0 Å². The van der Waals surface area contributed by atoms with E-state index in [-0.39, 0.29) is 0 Å². The zero-order valence-corrected chi connectivity index (χ0v) is 10.2. The van der Waals surface area contributed by atoms with Gasteiger partial charge in [0.05, 0.1) is 5.60 Å². The first-order chi connectivity index (χ1) is 8.29. The molecular weight excluding hydrogens is 208 g/mol. The van der Waals surface area contributed by atoms with E-state index in [0.29, 0.717) is 5.92 Å². The zero-order valence-electron chi connectivity index (χ0n) is 10.2. The van der Waals surface area contributed by atoms with Gasteiger partial charge in [-0.05, 0) is 54.9 Å². The van der Waals surface area contributed by atoms with Crippen LogP contribution in [0.1, 0.15) is 37.7 Å². The normalized spacial score (nSPS) is 47.4. The molecule has 2 bridgehead atoms. The lowest BCUT2D eigenvalue weighted by Crippen LogP contribution is -2.38. The molecular formula is C16H20O. The van der Waals surface area contributed by atoms with Crippen molar-refractivity contribution in [2.24, 2.45) is 23.7 Å². The predicted octanol–water partition coefficient (Wildman–Crippen LogP) is 3.33. The summed E-state index contributed by atoms with van der Waals surface area (Å²) in [6.45, 7) is 0. The van der Waals surface area contributed by atoms with Gasteiger partial charge in [-0.2, -0.15) is 0 Å². The quantitative estimate of drug-likeness (QED) is 0.781. The second-order valence-corrected chi connectivity index (χ2v) is 6.36. The van der Waals surface area contributed by atoms with E-state index in [4.69, 9.17) is 0 Å². The highest BCUT2D eigenvalue weighted by Gasteiger charge is 2.60. The smallest absolute Gasteiger partial charge is 0.0930 e. The number of benzene rings is 1. The highest BCUT2D eigenvalue weighted by Crippen LogP contribution is 2.65. The van der Waals surface area contributed by atoms with Crippen LogP contribution >= 0.6 is 0 Å². The highest BCUT2D eigenvalue weighted by atomic mass is 16.3. The van der Waals surface area contributed by atoms with Crippen LogP contribution in [0.15, 0.2) is 30.3 Å². The molecule has 4 rings (SSSR count). The molecule has 0 unspecified atom stereocenters. The Hall–Kier alpha value is -0.820. The average Bonchev–Trinajstić information content (AvgIpc) is 3.00. The highest BCUT2D eigenvalue weighted by molar-refractivity contribution is 5.28. The summed E-state index contributed by atoms with van der Waals surface area (Å²) >= 11 is 0. The third kappa shape index (κ3) is 1.24. The van der Waals surface area contributed by atoms with Gasteiger partial charge in [-0.15, -0.1) is 0 Å². The van der Waals surface area contributed by atoms with Crippen molar-refractivity contribution in [1.82, 2.24) is 0 Å². The number of hydrogen-bond donors (Lipinski definition) is 1. The first kappa shape index (κ1) is 10.1. The Bertz CT molecular complexity index is 426. The fourth-order valence-corrected chi connectivity index (χ4v) is 5.17. The van der Waals surface area contributed by atoms with Crippen LogP contribution in [0.3, 0.4) is 0 Å². The minimum absolute atomic E-state index is 0.503. The van der Waals surface area contributed by atoms with E-state index in [1.165, 1.54) is 25.7 Å². The minimum atomic E-state index is -0.503. The van der Waals surface area contributed by atoms with Crippen LogP contribution in [-0.4, -0.2) is 5.11 Å². The minimum Gasteiger partial charge on any atom is -0.385 e. The van der Waals surface area contributed by atoms with E-state index in [9.17, 15) is 5.11 Å². The molecule has 1 N–H and O–H groups in total. The molecule has 90 valence electrons. The van der Waals surface area contributed by atoms with Gasteiger partial charge in [0, 0.05) is 0 Å². The number of rotatable bonds is 1. The molecule has 0 radical (unpaired) electrons. The van der Waals surface area contributed by atoms with Crippen molar-refractivity contribution in [1.29, 1.82) is 0 Å². The molecule has 1 nitrogen and oxygen atoms in total. The van der Waals surface area contributed by atoms with E-state index < -0.39 is 5.60 Å². The molecule has 0 heterocycles. The van der Waals surface area contributed by atoms with Gasteiger partial charge in [0.25, 0.3) is 0 Å². The summed E-state index contributed by atoms with van der Waals surface area (Å²) in [7, 11) is 0. The summed E-state index contributed by atoms with van der Waals surface area (Å²) in [6, 6.07) is 10.4. The Morgan fingerprint density at radius 3 is 2.65 bits per heavy atom. The summed E-state index contributed by atoms with van der Waals surface area (Å²) in [6.07, 6.45) is 6.48. The second kappa shape index (κ2) is 3.35. The summed E-state index contributed by atoms with van der Waals surface area (Å²) in [5.74, 6) is 3.11. The van der Waals surface area contributed by atoms with Crippen molar-refractivity contribution in [3.8, 4) is 0 Å². The fraction of sp³-hybridized carbons (Fsp3) is 0.625. The van der Waals surface area contributed by atoms with Crippen molar-refractivity contribution in [3.63, 3.8) is 0 Å². The van der Waals surface area contributed by atoms with E-state index in [0.717, 1.165) is 29.7 Å². The van der Waals surface area contributed by atoms with Crippen molar-refractivity contribution >= 4 is 0 Å². The van der Waals surface area contributed by atoms with E-state index in [1.807, 2.05) is 6.07 Å². The van der Waals surface area contributed by atoms with Gasteiger partial charge >= 0.3 is 0 Å². The fourth-order valence-electron chi connectivity index (χ4n) is 5.17. The summed E-state index contributed by atoms with van der Waals surface area (Å²) in [4.78, 5) is 0. The van der Waals surface area contributed by atoms with Crippen molar-refractivity contribution in [2.45, 2.75) is 37.7 Å². The van der Waals surface area contributed by atoms with Gasteiger partial charge in [0.1, 0.15) is 0 Å². The largest absolute Gasteiger partial charge is 0.385 e. The van der Waals surface area contributed by atoms with Gasteiger partial charge in [-0.25, -0.2) is 0 Å². The van der Waals surface area contributed by atoms with Crippen LogP contribution < -0.4 is 0 Å². The topological polar surface area (TPSA) is 20.2 Å². The first-order valence-electron chi connectivity index (χ1n) is 7.07. The van der Waals surface area contributed by atoms with Gasteiger partial charge < -0.3 is 5.11 Å². The number of hydrogen-bond acceptors (Lipinski definition) is 1. The molecule has 3 aliphatic carbocycles. The molecule has 5 atom stereocenters. The van der Waals surface area contributed by atoms with Crippen molar-refractivity contribution < 1.29 is 5.11 Å². The summed E-state index contributed by atoms with van der Waals surface area (Å²) < 4.78 is 0. The van der Waals surface area contributed by atoms with Gasteiger partial charge in [0.15, 0.2) is 0 Å². The molecule has 0 amide bonds. The van der Waals surface area contributed by atoms with Crippen LogP contribution in [0.4, 0.5) is 0 Å². The van der Waals surface area contributed by atoms with Crippen LogP contribution in [-0.2, 0) is 5.60 Å². The summed E-state index contributed by atoms with van der Waals surface area (Å²) in [5.41, 5.74) is 0.662. The second-order valence-electron chi connectivity index (χ2n) is 6.36. The molecule has 1 aromatic rings. The molecule has 0 spiro atoms. The Labute approximate surface area is 103 Å². The SMILES string of the molecule is O[C@]1(c2ccccc2)C[C@H]2C[C@H]1[C@@H]1CCC[C@H]21. The van der Waals surface area contributed by atoms with Crippen LogP contribution in [0.2, 0.25) is 0 Å². The van der Waals surface area contributed by atoms with Crippen LogP contribution in [0.5, 0.6) is 0 Å². The Morgan fingerprint density at radius 1 is 1.06 bits per heavy atom. The van der Waals surface area contributed by atoms with Crippen molar-refractivity contribution in [3.05, 3.63) is 35.9 Å². The van der Waals surface area contributed by atoms with Gasteiger partial charge in [-0.1, -0.05) is 36.8 Å². The van der Waals surface area contributed by atoms with E-state index in [2.05, 4.69) is 24.3 Å². The Kier molecular flexibility index (Phi) is 2.00. The zero-order chi connectivity index (χ0) is 11.5. The number of aliphatic hydroxyl groups is 1. The third-order valence-corrected chi connectivity index (χ3v) is 5.76. The molecule has 0 aromatic heterocycles. The molecule has 3 saturated carbocycles. The summed E-state index contributed by atoms with van der Waals surface area (Å²) in [5, 5.41) is 11.1. The standard InChI is InChI=1S/C16H20O/c17-16(12-5-2-1-3-6-12)10-11-9-15(16)14-8-4-7-13(11)14/h1-3,5-6,11,13-15,17H,4,7-10H2/t11-,13-,14-,15+,16+/m1/s1. The predicted molar refractivity (Wildman–Crippen MR) is 67.4 cm³/mol. The molecule has 17 heavy (non-hydrogen) atoms. The lowest BCUT2D eigenvalue weighted by molar-refractivity contribution is -0.0512. The van der Waals surface area contributed by atoms with E-state index >= 15 is 0 Å². The van der Waals surface area contributed by atoms with Crippen LogP contribution in [0, 0.1) is 23.7 Å². The maximum absolute atomic E-state index is 11.1. The number of fused-ring (bicyclic) bond motifs is 5. The monoisotopic (exact) mass is 228 g/mol. The van der Waals surface area contributed by atoms with Gasteiger partial charge in [-0.3, -0.25) is 0 Å². The van der Waals surface area contributed by atoms with E-state index in [1.54, 1.807) is 0 Å². The third-order valence-electron chi connectivity index (χ3n) is 5.76. The average molecular weight is 228 g/mol. The first-order valence-corrected chi connectivity index (χ1v) is 7.07. The molecule has 1 aromatic carbocycles. The Morgan fingerprint density at radius 2 is 1.82 bits per heavy atom. The maximum Gasteiger partial charge on any atom is 0.0930 e. The molecule has 3 fully saturated rings. The van der Waals surface area contributed by atoms with Crippen molar-refractivity contribution in [2.75, 3.05) is 0 Å². The molecule has 0 saturated heterocycles. The van der Waals surface area contributed by atoms with Crippen LogP contribution in [0.25, 0.3) is 0 Å². The molecule has 3 aliphatic rings. The lowest BCUT2D eigenvalue weighted by Gasteiger charge is -2.39. The lowest BCUT2D eigenvalue weighted by atomic mass is 9.70. The molecule has 0 aliphatic heterocycles.